The van der Waals surface area contributed by atoms with Crippen molar-refractivity contribution in [2.24, 2.45) is 0 Å². The van der Waals surface area contributed by atoms with Crippen LogP contribution in [-0.4, -0.2) is 5.25 Å². The second-order valence-corrected chi connectivity index (χ2v) is 4.90. The minimum atomic E-state index is 0.0376. The van der Waals surface area contributed by atoms with E-state index in [1.807, 2.05) is 0 Å². The summed E-state index contributed by atoms with van der Waals surface area (Å²) >= 11 is 0. The van der Waals surface area contributed by atoms with Crippen LogP contribution in [0.25, 0.3) is 0 Å². The van der Waals surface area contributed by atoms with Crippen LogP contribution in [0, 0.1) is 0 Å². The van der Waals surface area contributed by atoms with Crippen molar-refractivity contribution in [1.29, 1.82) is 0 Å². The summed E-state index contributed by atoms with van der Waals surface area (Å²) in [6.07, 6.45) is 14.4. The molecule has 0 aromatic carbocycles. The van der Waals surface area contributed by atoms with E-state index in [4.69, 9.17) is 0 Å². The second-order valence-electron chi connectivity index (χ2n) is 2.75. The molecule has 0 radical (unpaired) electrons. The summed E-state index contributed by atoms with van der Waals surface area (Å²) in [5.41, 5.74) is 0. The zero-order chi connectivity index (χ0) is 7.52. The summed E-state index contributed by atoms with van der Waals surface area (Å²) in [6, 6.07) is 0. The average molecular weight is 164 g/mol. The van der Waals surface area contributed by atoms with Crippen LogP contribution in [0.15, 0.2) is 47.3 Å². The van der Waals surface area contributed by atoms with Crippen LogP contribution < -0.4 is 0 Å². The summed E-state index contributed by atoms with van der Waals surface area (Å²) in [4.78, 5) is 0. The summed E-state index contributed by atoms with van der Waals surface area (Å²) in [5, 5.41) is 5.44. The van der Waals surface area contributed by atoms with Crippen molar-refractivity contribution >= 4 is 10.9 Å². The molecular formula is C10H12S. The molecule has 0 aromatic rings. The van der Waals surface area contributed by atoms with Crippen LogP contribution >= 0.6 is 10.9 Å². The standard InChI is InChI=1S/C10H12S/c1-2-6-10(7-3-1)11-8-4-5-9-11/h1-6,8-11H,7H2. The van der Waals surface area contributed by atoms with Gasteiger partial charge in [-0.1, -0.05) is 36.5 Å². The Balaban J connectivity index is 2.05. The van der Waals surface area contributed by atoms with Gasteiger partial charge in [0, 0.05) is 5.25 Å². The molecule has 0 aromatic heterocycles. The van der Waals surface area contributed by atoms with E-state index in [-0.39, 0.29) is 10.9 Å². The fraction of sp³-hybridized carbons (Fsp3) is 0.200. The van der Waals surface area contributed by atoms with E-state index in [2.05, 4.69) is 47.3 Å². The highest BCUT2D eigenvalue weighted by molar-refractivity contribution is 8.23. The average Bonchev–Trinajstić information content (AvgIpc) is 2.58. The van der Waals surface area contributed by atoms with Crippen molar-refractivity contribution in [2.45, 2.75) is 11.7 Å². The first kappa shape index (κ1) is 6.99. The predicted molar refractivity (Wildman–Crippen MR) is 54.0 cm³/mol. The highest BCUT2D eigenvalue weighted by Gasteiger charge is 2.11. The first-order chi connectivity index (χ1) is 5.47. The molecule has 0 spiro atoms. The number of hydrogen-bond donors (Lipinski definition) is 1. The Bertz CT molecular complexity index is 234. The van der Waals surface area contributed by atoms with Gasteiger partial charge in [-0.05, 0) is 17.2 Å². The third-order valence-corrected chi connectivity index (χ3v) is 4.15. The van der Waals surface area contributed by atoms with Gasteiger partial charge in [-0.2, -0.15) is 0 Å². The van der Waals surface area contributed by atoms with Crippen molar-refractivity contribution in [3.8, 4) is 0 Å². The molecule has 1 heterocycles. The quantitative estimate of drug-likeness (QED) is 0.566. The Hall–Kier alpha value is -0.690. The van der Waals surface area contributed by atoms with E-state index in [0.717, 1.165) is 5.25 Å². The number of allylic oxidation sites excluding steroid dienone is 5. The highest BCUT2D eigenvalue weighted by atomic mass is 32.2. The zero-order valence-electron chi connectivity index (χ0n) is 6.35. The van der Waals surface area contributed by atoms with Gasteiger partial charge in [0.25, 0.3) is 0 Å². The molecule has 1 aliphatic carbocycles. The van der Waals surface area contributed by atoms with Gasteiger partial charge in [-0.3, -0.25) is 0 Å². The third kappa shape index (κ3) is 1.48. The molecule has 11 heavy (non-hydrogen) atoms. The predicted octanol–water partition coefficient (Wildman–Crippen LogP) is 2.91. The van der Waals surface area contributed by atoms with Crippen molar-refractivity contribution in [3.05, 3.63) is 47.3 Å². The largest absolute Gasteiger partial charge is 0.206 e. The Morgan fingerprint density at radius 2 is 1.82 bits per heavy atom. The summed E-state index contributed by atoms with van der Waals surface area (Å²) in [5.74, 6) is 0. The molecule has 0 amide bonds. The molecule has 0 saturated carbocycles. The van der Waals surface area contributed by atoms with Crippen molar-refractivity contribution in [3.63, 3.8) is 0 Å². The minimum Gasteiger partial charge on any atom is -0.206 e. The van der Waals surface area contributed by atoms with Gasteiger partial charge in [0.1, 0.15) is 0 Å². The molecule has 0 N–H and O–H groups in total. The van der Waals surface area contributed by atoms with E-state index in [1.54, 1.807) is 0 Å². The minimum absolute atomic E-state index is 0.0376. The summed E-state index contributed by atoms with van der Waals surface area (Å²) < 4.78 is 0. The van der Waals surface area contributed by atoms with E-state index in [1.165, 1.54) is 6.42 Å². The molecule has 1 heteroatoms. The smallest absolute Gasteiger partial charge is 0.0148 e. The Morgan fingerprint density at radius 3 is 2.45 bits per heavy atom. The van der Waals surface area contributed by atoms with Crippen molar-refractivity contribution < 1.29 is 0 Å². The first-order valence-electron chi connectivity index (χ1n) is 3.92. The fourth-order valence-electron chi connectivity index (χ4n) is 1.36. The normalized spacial score (nSPS) is 30.2. The SMILES string of the molecule is C1=CCC([SH]2C=CC=C2)C=C1. The van der Waals surface area contributed by atoms with E-state index < -0.39 is 0 Å². The van der Waals surface area contributed by atoms with Crippen molar-refractivity contribution in [2.75, 3.05) is 0 Å². The molecular weight excluding hydrogens is 152 g/mol. The van der Waals surface area contributed by atoms with E-state index in [9.17, 15) is 0 Å². The number of hydrogen-bond acceptors (Lipinski definition) is 0. The van der Waals surface area contributed by atoms with Crippen LogP contribution in [0.4, 0.5) is 0 Å². The van der Waals surface area contributed by atoms with Gasteiger partial charge in [0.2, 0.25) is 0 Å². The molecule has 2 aliphatic rings. The van der Waals surface area contributed by atoms with Gasteiger partial charge in [-0.15, -0.1) is 0 Å². The fourth-order valence-corrected chi connectivity index (χ4v) is 3.16. The Morgan fingerprint density at radius 1 is 1.00 bits per heavy atom. The molecule has 2 rings (SSSR count). The molecule has 0 bridgehead atoms. The summed E-state index contributed by atoms with van der Waals surface area (Å²) in [7, 11) is 0.0376. The van der Waals surface area contributed by atoms with Crippen LogP contribution in [-0.2, 0) is 0 Å². The zero-order valence-corrected chi connectivity index (χ0v) is 7.24. The third-order valence-electron chi connectivity index (χ3n) is 1.97. The maximum absolute atomic E-state index is 2.34. The van der Waals surface area contributed by atoms with Crippen LogP contribution in [0.3, 0.4) is 0 Å². The van der Waals surface area contributed by atoms with Crippen LogP contribution in [0.5, 0.6) is 0 Å². The maximum atomic E-state index is 2.34. The van der Waals surface area contributed by atoms with Gasteiger partial charge < -0.3 is 0 Å². The Kier molecular flexibility index (Phi) is 1.99. The van der Waals surface area contributed by atoms with Crippen molar-refractivity contribution in [1.82, 2.24) is 0 Å². The van der Waals surface area contributed by atoms with Gasteiger partial charge in [0.15, 0.2) is 0 Å². The van der Waals surface area contributed by atoms with E-state index >= 15 is 0 Å². The molecule has 0 fully saturated rings. The molecule has 1 aliphatic heterocycles. The van der Waals surface area contributed by atoms with Gasteiger partial charge in [0.05, 0.1) is 0 Å². The number of thiol groups is 1. The second kappa shape index (κ2) is 3.14. The van der Waals surface area contributed by atoms with Gasteiger partial charge >= 0.3 is 0 Å². The molecule has 58 valence electrons. The lowest BCUT2D eigenvalue weighted by atomic mass is 10.2. The number of rotatable bonds is 1. The van der Waals surface area contributed by atoms with Crippen LogP contribution in [0.1, 0.15) is 6.42 Å². The lowest BCUT2D eigenvalue weighted by molar-refractivity contribution is 1.06. The van der Waals surface area contributed by atoms with Crippen LogP contribution in [0.2, 0.25) is 0 Å². The Labute approximate surface area is 70.3 Å². The molecule has 0 nitrogen and oxygen atoms in total. The monoisotopic (exact) mass is 164 g/mol. The molecule has 0 saturated heterocycles. The first-order valence-corrected chi connectivity index (χ1v) is 5.47. The molecule has 1 atom stereocenters. The molecule has 1 unspecified atom stereocenters. The summed E-state index contributed by atoms with van der Waals surface area (Å²) in [6.45, 7) is 0. The topological polar surface area (TPSA) is 0 Å². The lowest BCUT2D eigenvalue weighted by Gasteiger charge is -2.20. The van der Waals surface area contributed by atoms with Gasteiger partial charge in [-0.25, -0.2) is 10.9 Å². The maximum Gasteiger partial charge on any atom is 0.0148 e. The lowest BCUT2D eigenvalue weighted by Crippen LogP contribution is -2.01. The highest BCUT2D eigenvalue weighted by Crippen LogP contribution is 2.41. The van der Waals surface area contributed by atoms with E-state index in [0.29, 0.717) is 0 Å².